The van der Waals surface area contributed by atoms with Crippen molar-refractivity contribution in [1.82, 2.24) is 4.98 Å². The molecule has 112 valence electrons. The van der Waals surface area contributed by atoms with E-state index in [0.29, 0.717) is 5.56 Å². The average molecular weight is 325 g/mol. The van der Waals surface area contributed by atoms with Crippen LogP contribution < -0.4 is 4.87 Å². The fourth-order valence-corrected chi connectivity index (χ4v) is 2.97. The molecular weight excluding hydrogens is 310 g/mol. The number of hydrogen-bond acceptors (Lipinski definition) is 6. The molecule has 0 saturated carbocycles. The number of aliphatic hydroxyl groups is 2. The molecule has 0 amide bonds. The molecule has 0 saturated heterocycles. The summed E-state index contributed by atoms with van der Waals surface area (Å²) in [7, 11) is 0. The van der Waals surface area contributed by atoms with E-state index in [-0.39, 0.29) is 15.7 Å². The Bertz CT molecular complexity index is 662. The Balaban J connectivity index is 2.07. The van der Waals surface area contributed by atoms with Crippen molar-refractivity contribution in [3.63, 3.8) is 0 Å². The van der Waals surface area contributed by atoms with Crippen LogP contribution in [0.1, 0.15) is 18.6 Å². The zero-order valence-electron chi connectivity index (χ0n) is 11.3. The standard InChI is InChI=1S/C14H15NO4S2/c1-8(16)20-7-12(17)13(18)10-4-2-9(3-5-10)11-6-21-14(19)15-11/h2-6,12-13,17-18H,7H2,1H3,(H,15,19). The van der Waals surface area contributed by atoms with Gasteiger partial charge in [-0.15, -0.1) is 0 Å². The first-order chi connectivity index (χ1) is 9.97. The minimum absolute atomic E-state index is 0.0991. The molecule has 21 heavy (non-hydrogen) atoms. The predicted octanol–water partition coefficient (Wildman–Crippen LogP) is 1.78. The lowest BCUT2D eigenvalue weighted by Crippen LogP contribution is -2.21. The van der Waals surface area contributed by atoms with Crippen LogP contribution in [0.3, 0.4) is 0 Å². The van der Waals surface area contributed by atoms with Crippen molar-refractivity contribution in [2.45, 2.75) is 19.1 Å². The third-order valence-electron chi connectivity index (χ3n) is 2.91. The summed E-state index contributed by atoms with van der Waals surface area (Å²) in [4.78, 5) is 24.6. The van der Waals surface area contributed by atoms with Gasteiger partial charge in [-0.3, -0.25) is 9.59 Å². The van der Waals surface area contributed by atoms with Crippen LogP contribution in [-0.4, -0.2) is 32.2 Å². The van der Waals surface area contributed by atoms with Gasteiger partial charge in [0.2, 0.25) is 0 Å². The second-order valence-electron chi connectivity index (χ2n) is 4.50. The second kappa shape index (κ2) is 7.04. The first-order valence-corrected chi connectivity index (χ1v) is 8.11. The summed E-state index contributed by atoms with van der Waals surface area (Å²) in [6.45, 7) is 1.42. The number of aromatic amines is 1. The van der Waals surface area contributed by atoms with Crippen LogP contribution in [0, 0.1) is 0 Å². The number of H-pyrrole nitrogens is 1. The van der Waals surface area contributed by atoms with Gasteiger partial charge in [0, 0.05) is 18.1 Å². The van der Waals surface area contributed by atoms with E-state index in [4.69, 9.17) is 0 Å². The highest BCUT2D eigenvalue weighted by atomic mass is 32.2. The summed E-state index contributed by atoms with van der Waals surface area (Å²) < 4.78 is 0. The fourth-order valence-electron chi connectivity index (χ4n) is 1.80. The van der Waals surface area contributed by atoms with Gasteiger partial charge in [-0.05, 0) is 11.1 Å². The van der Waals surface area contributed by atoms with Gasteiger partial charge in [0.15, 0.2) is 5.12 Å². The number of aromatic nitrogens is 1. The minimum Gasteiger partial charge on any atom is -0.389 e. The number of nitrogens with one attached hydrogen (secondary N) is 1. The number of thiazole rings is 1. The van der Waals surface area contributed by atoms with Gasteiger partial charge in [0.05, 0.1) is 11.8 Å². The SMILES string of the molecule is CC(=O)SCC(O)C(O)c1ccc(-c2csc(=O)[nH]2)cc1. The van der Waals surface area contributed by atoms with Gasteiger partial charge in [0.25, 0.3) is 0 Å². The lowest BCUT2D eigenvalue weighted by Gasteiger charge is -2.17. The molecule has 2 aromatic rings. The predicted molar refractivity (Wildman–Crippen MR) is 84.5 cm³/mol. The summed E-state index contributed by atoms with van der Waals surface area (Å²) in [5.74, 6) is 0.149. The molecule has 2 atom stereocenters. The quantitative estimate of drug-likeness (QED) is 0.779. The van der Waals surface area contributed by atoms with Gasteiger partial charge in [-0.1, -0.05) is 47.4 Å². The monoisotopic (exact) mass is 325 g/mol. The van der Waals surface area contributed by atoms with Crippen molar-refractivity contribution < 1.29 is 15.0 Å². The Hall–Kier alpha value is -1.41. The maximum absolute atomic E-state index is 11.1. The van der Waals surface area contributed by atoms with Crippen molar-refractivity contribution in [3.8, 4) is 11.3 Å². The Morgan fingerprint density at radius 1 is 1.33 bits per heavy atom. The van der Waals surface area contributed by atoms with Gasteiger partial charge >= 0.3 is 4.87 Å². The Morgan fingerprint density at radius 2 is 2.00 bits per heavy atom. The normalized spacial score (nSPS) is 13.9. The highest BCUT2D eigenvalue weighted by molar-refractivity contribution is 8.13. The Morgan fingerprint density at radius 3 is 2.52 bits per heavy atom. The number of aliphatic hydroxyl groups excluding tert-OH is 2. The molecule has 0 bridgehead atoms. The summed E-state index contributed by atoms with van der Waals surface area (Å²) >= 11 is 2.07. The van der Waals surface area contributed by atoms with E-state index in [9.17, 15) is 19.8 Å². The van der Waals surface area contributed by atoms with Crippen LogP contribution in [0.5, 0.6) is 0 Å². The van der Waals surface area contributed by atoms with E-state index in [1.54, 1.807) is 29.6 Å². The first-order valence-electron chi connectivity index (χ1n) is 6.25. The zero-order valence-corrected chi connectivity index (χ0v) is 12.9. The number of carbonyl (C=O) groups excluding carboxylic acids is 1. The topological polar surface area (TPSA) is 90.4 Å². The van der Waals surface area contributed by atoms with Crippen LogP contribution in [0.4, 0.5) is 0 Å². The summed E-state index contributed by atoms with van der Waals surface area (Å²) in [6.07, 6.45) is -2.06. The number of carbonyl (C=O) groups is 1. The number of thioether (sulfide) groups is 1. The van der Waals surface area contributed by atoms with Gasteiger partial charge in [0.1, 0.15) is 6.10 Å². The average Bonchev–Trinajstić information content (AvgIpc) is 2.90. The molecule has 0 radical (unpaired) electrons. The lowest BCUT2D eigenvalue weighted by molar-refractivity contribution is -0.109. The van der Waals surface area contributed by atoms with Crippen LogP contribution in [-0.2, 0) is 4.79 Å². The molecule has 1 heterocycles. The maximum atomic E-state index is 11.1. The molecule has 2 rings (SSSR count). The maximum Gasteiger partial charge on any atom is 0.304 e. The van der Waals surface area contributed by atoms with Gasteiger partial charge < -0.3 is 15.2 Å². The van der Waals surface area contributed by atoms with Crippen LogP contribution in [0.15, 0.2) is 34.4 Å². The molecule has 5 nitrogen and oxygen atoms in total. The van der Waals surface area contributed by atoms with Crippen LogP contribution >= 0.6 is 23.1 Å². The molecule has 0 aliphatic carbocycles. The van der Waals surface area contributed by atoms with Crippen molar-refractivity contribution in [2.24, 2.45) is 0 Å². The molecular formula is C14H15NO4S2. The first kappa shape index (κ1) is 16.0. The molecule has 0 spiro atoms. The van der Waals surface area contributed by atoms with Crippen LogP contribution in [0.2, 0.25) is 0 Å². The molecule has 1 aromatic heterocycles. The molecule has 0 aliphatic rings. The fraction of sp³-hybridized carbons (Fsp3) is 0.286. The van der Waals surface area contributed by atoms with Gasteiger partial charge in [-0.2, -0.15) is 0 Å². The van der Waals surface area contributed by atoms with E-state index >= 15 is 0 Å². The van der Waals surface area contributed by atoms with Crippen molar-refractivity contribution in [3.05, 3.63) is 44.9 Å². The Kier molecular flexibility index (Phi) is 5.35. The van der Waals surface area contributed by atoms with E-state index < -0.39 is 12.2 Å². The van der Waals surface area contributed by atoms with Crippen molar-refractivity contribution in [2.75, 3.05) is 5.75 Å². The van der Waals surface area contributed by atoms with E-state index in [1.807, 2.05) is 0 Å². The second-order valence-corrected chi connectivity index (χ2v) is 6.54. The highest BCUT2D eigenvalue weighted by Gasteiger charge is 2.19. The lowest BCUT2D eigenvalue weighted by atomic mass is 10.0. The molecule has 1 aromatic carbocycles. The minimum atomic E-state index is -1.05. The van der Waals surface area contributed by atoms with Gasteiger partial charge in [-0.25, -0.2) is 0 Å². The highest BCUT2D eigenvalue weighted by Crippen LogP contribution is 2.23. The van der Waals surface area contributed by atoms with E-state index in [0.717, 1.165) is 34.4 Å². The third kappa shape index (κ3) is 4.28. The number of rotatable bonds is 5. The molecule has 2 unspecified atom stereocenters. The molecule has 0 aliphatic heterocycles. The third-order valence-corrected chi connectivity index (χ3v) is 4.49. The van der Waals surface area contributed by atoms with E-state index in [1.165, 1.54) is 6.92 Å². The molecule has 0 fully saturated rings. The smallest absolute Gasteiger partial charge is 0.304 e. The Labute approximate surface area is 129 Å². The summed E-state index contributed by atoms with van der Waals surface area (Å²) in [5.41, 5.74) is 2.11. The largest absolute Gasteiger partial charge is 0.389 e. The summed E-state index contributed by atoms with van der Waals surface area (Å²) in [6, 6.07) is 6.91. The van der Waals surface area contributed by atoms with E-state index in [2.05, 4.69) is 4.98 Å². The van der Waals surface area contributed by atoms with Crippen LogP contribution in [0.25, 0.3) is 11.3 Å². The van der Waals surface area contributed by atoms with Crippen molar-refractivity contribution in [1.29, 1.82) is 0 Å². The molecule has 7 heteroatoms. The zero-order chi connectivity index (χ0) is 15.4. The van der Waals surface area contributed by atoms with Crippen molar-refractivity contribution >= 4 is 28.2 Å². The number of hydrogen-bond donors (Lipinski definition) is 3. The molecule has 3 N–H and O–H groups in total. The number of benzene rings is 1. The summed E-state index contributed by atoms with van der Waals surface area (Å²) in [5, 5.41) is 21.5.